The number of aliphatic hydroxyl groups is 1. The summed E-state index contributed by atoms with van der Waals surface area (Å²) in [7, 11) is 1.59. The lowest BCUT2D eigenvalue weighted by atomic mass is 9.89. The predicted octanol–water partition coefficient (Wildman–Crippen LogP) is 3.09. The lowest BCUT2D eigenvalue weighted by Crippen LogP contribution is -2.49. The van der Waals surface area contributed by atoms with E-state index in [0.717, 1.165) is 16.9 Å². The molecular formula is C26H26FN5O3. The number of benzene rings is 2. The summed E-state index contributed by atoms with van der Waals surface area (Å²) >= 11 is 0. The summed E-state index contributed by atoms with van der Waals surface area (Å²) in [5.74, 6) is 0.418. The minimum Gasteiger partial charge on any atom is -0.495 e. The molecule has 3 heterocycles. The maximum atomic E-state index is 13.6. The Kier molecular flexibility index (Phi) is 5.64. The molecule has 0 aliphatic carbocycles. The largest absolute Gasteiger partial charge is 0.495 e. The summed E-state index contributed by atoms with van der Waals surface area (Å²) in [5, 5.41) is 10.5. The number of fused-ring (bicyclic) bond motifs is 1. The molecule has 9 heteroatoms. The van der Waals surface area contributed by atoms with Crippen LogP contribution in [0.5, 0.6) is 5.75 Å². The zero-order chi connectivity index (χ0) is 24.7. The number of hydrogen-bond acceptors (Lipinski definition) is 6. The fourth-order valence-electron chi connectivity index (χ4n) is 4.71. The van der Waals surface area contributed by atoms with Crippen LogP contribution in [0.25, 0.3) is 11.8 Å². The van der Waals surface area contributed by atoms with Crippen molar-refractivity contribution in [2.24, 2.45) is 4.99 Å². The summed E-state index contributed by atoms with van der Waals surface area (Å²) < 4.78 is 21.1. The molecule has 0 bridgehead atoms. The van der Waals surface area contributed by atoms with Crippen molar-refractivity contribution in [2.75, 3.05) is 26.8 Å². The second-order valence-electron chi connectivity index (χ2n) is 8.65. The Bertz CT molecular complexity index is 1350. The Morgan fingerprint density at radius 2 is 2.00 bits per heavy atom. The Morgan fingerprint density at radius 1 is 1.23 bits per heavy atom. The number of imidazole rings is 1. The van der Waals surface area contributed by atoms with Gasteiger partial charge in [0.2, 0.25) is 5.96 Å². The summed E-state index contributed by atoms with van der Waals surface area (Å²) in [6.07, 6.45) is 5.33. The number of aryl methyl sites for hydroxylation is 1. The first-order valence-corrected chi connectivity index (χ1v) is 11.4. The van der Waals surface area contributed by atoms with Gasteiger partial charge in [0.25, 0.3) is 5.91 Å². The number of halogens is 1. The number of carbonyl (C=O) groups excluding carboxylic acids is 1. The predicted molar refractivity (Wildman–Crippen MR) is 130 cm³/mol. The molecule has 1 amide bonds. The first-order chi connectivity index (χ1) is 16.9. The van der Waals surface area contributed by atoms with Gasteiger partial charge in [0, 0.05) is 12.7 Å². The fourth-order valence-corrected chi connectivity index (χ4v) is 4.71. The van der Waals surface area contributed by atoms with Gasteiger partial charge in [0.05, 0.1) is 38.0 Å². The van der Waals surface area contributed by atoms with Crippen LogP contribution in [0.2, 0.25) is 0 Å². The third-order valence-electron chi connectivity index (χ3n) is 6.53. The van der Waals surface area contributed by atoms with Crippen LogP contribution in [-0.4, -0.2) is 63.1 Å². The molecule has 3 aromatic rings. The number of aromatic nitrogens is 2. The number of guanidine groups is 1. The quantitative estimate of drug-likeness (QED) is 0.554. The first kappa shape index (κ1) is 22.8. The normalized spacial score (nSPS) is 20.5. The van der Waals surface area contributed by atoms with Crippen molar-refractivity contribution < 1.29 is 19.0 Å². The van der Waals surface area contributed by atoms with Gasteiger partial charge < -0.3 is 19.3 Å². The summed E-state index contributed by atoms with van der Waals surface area (Å²) in [5.41, 5.74) is 2.33. The lowest BCUT2D eigenvalue weighted by molar-refractivity contribution is -0.127. The molecule has 1 aromatic heterocycles. The topological polar surface area (TPSA) is 83.2 Å². The van der Waals surface area contributed by atoms with Crippen LogP contribution in [0.15, 0.2) is 65.7 Å². The minimum atomic E-state index is -1.05. The van der Waals surface area contributed by atoms with E-state index in [4.69, 9.17) is 4.74 Å². The third-order valence-corrected chi connectivity index (χ3v) is 6.53. The van der Waals surface area contributed by atoms with Crippen LogP contribution in [0.4, 0.5) is 4.39 Å². The second kappa shape index (κ2) is 8.66. The van der Waals surface area contributed by atoms with Gasteiger partial charge in [0.15, 0.2) is 0 Å². The van der Waals surface area contributed by atoms with Crippen molar-refractivity contribution in [3.05, 3.63) is 83.3 Å². The summed E-state index contributed by atoms with van der Waals surface area (Å²) in [6.45, 7) is 4.53. The van der Waals surface area contributed by atoms with Crippen molar-refractivity contribution in [1.29, 1.82) is 0 Å². The highest BCUT2D eigenvalue weighted by atomic mass is 19.1. The average molecular weight is 476 g/mol. The van der Waals surface area contributed by atoms with Gasteiger partial charge in [0.1, 0.15) is 22.8 Å². The highest BCUT2D eigenvalue weighted by Crippen LogP contribution is 2.41. The van der Waals surface area contributed by atoms with Gasteiger partial charge in [-0.25, -0.2) is 14.4 Å². The Labute approximate surface area is 202 Å². The standard InChI is InChI=1S/C26H26FN5O3/c1-4-30-14-26(15-33,19-6-8-20(27)9-7-19)32-24(34)21(29-25(30)32)11-18-5-10-22(23(12-18)35-3)31-13-17(2)28-16-31/h5-13,16,33H,4,14-15H2,1-3H3/b21-11-. The first-order valence-electron chi connectivity index (χ1n) is 11.4. The Balaban J connectivity index is 1.53. The Hall–Kier alpha value is -3.98. The number of methoxy groups -OCH3 is 1. The molecule has 1 unspecified atom stereocenters. The van der Waals surface area contributed by atoms with Crippen molar-refractivity contribution in [3.8, 4) is 11.4 Å². The molecule has 2 aliphatic heterocycles. The van der Waals surface area contributed by atoms with Gasteiger partial charge in [-0.2, -0.15) is 0 Å². The molecule has 0 radical (unpaired) electrons. The van der Waals surface area contributed by atoms with Gasteiger partial charge in [-0.1, -0.05) is 18.2 Å². The maximum absolute atomic E-state index is 13.6. The van der Waals surface area contributed by atoms with Gasteiger partial charge >= 0.3 is 0 Å². The van der Waals surface area contributed by atoms with Crippen LogP contribution < -0.4 is 4.74 Å². The lowest BCUT2D eigenvalue weighted by Gasteiger charge is -2.33. The van der Waals surface area contributed by atoms with E-state index in [2.05, 4.69) is 9.98 Å². The van der Waals surface area contributed by atoms with E-state index in [0.29, 0.717) is 30.4 Å². The van der Waals surface area contributed by atoms with E-state index in [9.17, 15) is 14.3 Å². The number of aliphatic imine (C=N–C) groups is 1. The van der Waals surface area contributed by atoms with Crippen LogP contribution in [0, 0.1) is 12.7 Å². The number of hydrogen-bond donors (Lipinski definition) is 1. The molecule has 1 N–H and O–H groups in total. The number of likely N-dealkylation sites (N-methyl/N-ethyl adjacent to an activating group) is 1. The number of aliphatic hydroxyl groups excluding tert-OH is 1. The van der Waals surface area contributed by atoms with E-state index in [1.165, 1.54) is 17.0 Å². The van der Waals surface area contributed by atoms with E-state index in [1.54, 1.807) is 31.6 Å². The summed E-state index contributed by atoms with van der Waals surface area (Å²) in [4.78, 5) is 26.0. The molecule has 180 valence electrons. The molecule has 1 fully saturated rings. The molecule has 5 rings (SSSR count). The molecule has 1 saturated heterocycles. The van der Waals surface area contributed by atoms with Gasteiger partial charge in [-0.15, -0.1) is 0 Å². The molecule has 8 nitrogen and oxygen atoms in total. The van der Waals surface area contributed by atoms with E-state index >= 15 is 0 Å². The molecule has 0 saturated carbocycles. The number of nitrogens with zero attached hydrogens (tertiary/aromatic N) is 5. The molecule has 1 atom stereocenters. The number of amides is 1. The van der Waals surface area contributed by atoms with E-state index in [-0.39, 0.29) is 24.0 Å². The third kappa shape index (κ3) is 3.68. The molecular weight excluding hydrogens is 449 g/mol. The average Bonchev–Trinajstić information content (AvgIpc) is 3.54. The monoisotopic (exact) mass is 475 g/mol. The SMILES string of the molecule is CCN1CC(CO)(c2ccc(F)cc2)N2C(=O)/C(=C/c3ccc(-n4cnc(C)c4)c(OC)c3)N=C12. The second-order valence-corrected chi connectivity index (χ2v) is 8.65. The smallest absolute Gasteiger partial charge is 0.280 e. The highest BCUT2D eigenvalue weighted by Gasteiger charge is 2.55. The highest BCUT2D eigenvalue weighted by molar-refractivity contribution is 6.15. The van der Waals surface area contributed by atoms with Crippen molar-refractivity contribution >= 4 is 17.9 Å². The van der Waals surface area contributed by atoms with Crippen LogP contribution in [0.1, 0.15) is 23.7 Å². The number of ether oxygens (including phenoxy) is 1. The van der Waals surface area contributed by atoms with Gasteiger partial charge in [-0.05, 0) is 55.3 Å². The van der Waals surface area contributed by atoms with Crippen molar-refractivity contribution in [3.63, 3.8) is 0 Å². The molecule has 2 aromatic carbocycles. The minimum absolute atomic E-state index is 0.256. The zero-order valence-corrected chi connectivity index (χ0v) is 19.8. The van der Waals surface area contributed by atoms with Crippen LogP contribution in [0.3, 0.4) is 0 Å². The summed E-state index contributed by atoms with van der Waals surface area (Å²) in [6, 6.07) is 11.5. The van der Waals surface area contributed by atoms with Crippen molar-refractivity contribution in [2.45, 2.75) is 19.4 Å². The van der Waals surface area contributed by atoms with E-state index in [1.807, 2.05) is 47.7 Å². The molecule has 0 spiro atoms. The van der Waals surface area contributed by atoms with E-state index < -0.39 is 5.54 Å². The van der Waals surface area contributed by atoms with Crippen LogP contribution >= 0.6 is 0 Å². The Morgan fingerprint density at radius 3 is 2.63 bits per heavy atom. The van der Waals surface area contributed by atoms with Gasteiger partial charge in [-0.3, -0.25) is 9.69 Å². The van der Waals surface area contributed by atoms with Crippen LogP contribution in [-0.2, 0) is 10.3 Å². The number of carbonyl (C=O) groups is 1. The zero-order valence-electron chi connectivity index (χ0n) is 19.8. The maximum Gasteiger partial charge on any atom is 0.280 e. The fraction of sp³-hybridized carbons (Fsp3) is 0.269. The molecule has 2 aliphatic rings. The number of rotatable bonds is 6. The molecule has 35 heavy (non-hydrogen) atoms. The van der Waals surface area contributed by atoms with Crippen molar-refractivity contribution in [1.82, 2.24) is 19.4 Å².